The monoisotopic (exact) mass is 302 g/mol. The third-order valence-corrected chi connectivity index (χ3v) is 3.40. The molecule has 0 spiro atoms. The van der Waals surface area contributed by atoms with E-state index in [0.29, 0.717) is 18.0 Å². The van der Waals surface area contributed by atoms with Gasteiger partial charge in [-0.3, -0.25) is 0 Å². The Balaban J connectivity index is 1.95. The molecule has 0 saturated heterocycles. The first-order chi connectivity index (χ1) is 10.3. The number of aliphatic hydroxyl groups excluding tert-OH is 1. The van der Waals surface area contributed by atoms with Crippen molar-refractivity contribution in [3.05, 3.63) is 47.6 Å². The molecule has 3 aromatic rings. The summed E-state index contributed by atoms with van der Waals surface area (Å²) in [7, 11) is 0. The smallest absolute Gasteiger partial charge is 0.154 e. The molecule has 2 aromatic heterocycles. The van der Waals surface area contributed by atoms with Crippen molar-refractivity contribution in [1.29, 1.82) is 0 Å². The van der Waals surface area contributed by atoms with Gasteiger partial charge in [-0.1, -0.05) is 23.7 Å². The highest BCUT2D eigenvalue weighted by Gasteiger charge is 2.07. The van der Waals surface area contributed by atoms with Crippen LogP contribution in [0.2, 0.25) is 5.02 Å². The van der Waals surface area contributed by atoms with Gasteiger partial charge in [0.25, 0.3) is 0 Å². The van der Waals surface area contributed by atoms with E-state index in [1.165, 1.54) is 0 Å². The molecular formula is C15H15ClN4O. The van der Waals surface area contributed by atoms with Crippen molar-refractivity contribution in [1.82, 2.24) is 14.6 Å². The Morgan fingerprint density at radius 2 is 1.95 bits per heavy atom. The molecule has 0 aliphatic carbocycles. The van der Waals surface area contributed by atoms with Crippen molar-refractivity contribution in [3.63, 3.8) is 0 Å². The van der Waals surface area contributed by atoms with Crippen LogP contribution in [0, 0.1) is 0 Å². The van der Waals surface area contributed by atoms with Crippen LogP contribution in [0.4, 0.5) is 5.82 Å². The zero-order valence-electron chi connectivity index (χ0n) is 11.3. The van der Waals surface area contributed by atoms with E-state index in [-0.39, 0.29) is 6.61 Å². The summed E-state index contributed by atoms with van der Waals surface area (Å²) < 4.78 is 1.80. The number of hydrogen-bond acceptors (Lipinski definition) is 4. The van der Waals surface area contributed by atoms with Crippen LogP contribution in [0.15, 0.2) is 42.6 Å². The van der Waals surface area contributed by atoms with Crippen LogP contribution in [0.5, 0.6) is 0 Å². The number of imidazole rings is 1. The molecule has 2 heterocycles. The van der Waals surface area contributed by atoms with Gasteiger partial charge in [0.15, 0.2) is 5.65 Å². The van der Waals surface area contributed by atoms with Crippen molar-refractivity contribution >= 4 is 23.1 Å². The second-order valence-corrected chi connectivity index (χ2v) is 5.08. The van der Waals surface area contributed by atoms with E-state index in [9.17, 15) is 0 Å². The Morgan fingerprint density at radius 3 is 2.71 bits per heavy atom. The highest BCUT2D eigenvalue weighted by Crippen LogP contribution is 2.22. The van der Waals surface area contributed by atoms with Gasteiger partial charge in [-0.2, -0.15) is 0 Å². The van der Waals surface area contributed by atoms with Gasteiger partial charge in [0.2, 0.25) is 0 Å². The quantitative estimate of drug-likeness (QED) is 0.711. The van der Waals surface area contributed by atoms with E-state index in [1.807, 2.05) is 36.4 Å². The fourth-order valence-corrected chi connectivity index (χ4v) is 2.21. The van der Waals surface area contributed by atoms with Crippen LogP contribution < -0.4 is 5.32 Å². The van der Waals surface area contributed by atoms with Gasteiger partial charge >= 0.3 is 0 Å². The third-order valence-electron chi connectivity index (χ3n) is 3.14. The van der Waals surface area contributed by atoms with Crippen molar-refractivity contribution in [3.8, 4) is 11.3 Å². The molecule has 0 bridgehead atoms. The van der Waals surface area contributed by atoms with Crippen molar-refractivity contribution < 1.29 is 5.11 Å². The first-order valence-electron chi connectivity index (χ1n) is 6.73. The van der Waals surface area contributed by atoms with Crippen molar-refractivity contribution in [2.45, 2.75) is 6.42 Å². The van der Waals surface area contributed by atoms with Crippen LogP contribution >= 0.6 is 11.6 Å². The summed E-state index contributed by atoms with van der Waals surface area (Å²) in [5.74, 6) is 0.754. The molecule has 6 heteroatoms. The first-order valence-corrected chi connectivity index (χ1v) is 7.11. The van der Waals surface area contributed by atoms with Crippen molar-refractivity contribution in [2.75, 3.05) is 18.5 Å². The minimum Gasteiger partial charge on any atom is -0.396 e. The van der Waals surface area contributed by atoms with E-state index < -0.39 is 0 Å². The zero-order valence-corrected chi connectivity index (χ0v) is 12.1. The Morgan fingerprint density at radius 1 is 1.14 bits per heavy atom. The van der Waals surface area contributed by atoms with Gasteiger partial charge in [0.05, 0.1) is 11.9 Å². The fourth-order valence-electron chi connectivity index (χ4n) is 2.08. The van der Waals surface area contributed by atoms with Gasteiger partial charge in [-0.15, -0.1) is 5.10 Å². The molecule has 0 atom stereocenters. The highest BCUT2D eigenvalue weighted by atomic mass is 35.5. The van der Waals surface area contributed by atoms with Crippen molar-refractivity contribution in [2.24, 2.45) is 0 Å². The molecule has 0 radical (unpaired) electrons. The fraction of sp³-hybridized carbons (Fsp3) is 0.200. The van der Waals surface area contributed by atoms with Crippen LogP contribution in [0.25, 0.3) is 16.9 Å². The summed E-state index contributed by atoms with van der Waals surface area (Å²) in [5, 5.41) is 17.2. The molecule has 0 fully saturated rings. The Hall–Kier alpha value is -2.11. The average molecular weight is 303 g/mol. The summed E-state index contributed by atoms with van der Waals surface area (Å²) in [6, 6.07) is 11.4. The number of benzene rings is 1. The zero-order chi connectivity index (χ0) is 14.7. The Kier molecular flexibility index (Phi) is 4.03. The largest absolute Gasteiger partial charge is 0.396 e. The molecule has 0 unspecified atom stereocenters. The normalized spacial score (nSPS) is 11.0. The predicted octanol–water partition coefficient (Wildman–Crippen LogP) is 2.84. The Labute approximate surface area is 127 Å². The number of anilines is 1. The minimum atomic E-state index is 0.163. The lowest BCUT2D eigenvalue weighted by Crippen LogP contribution is -2.07. The maximum absolute atomic E-state index is 8.81. The Bertz CT molecular complexity index is 739. The van der Waals surface area contributed by atoms with E-state index in [2.05, 4.69) is 15.4 Å². The van der Waals surface area contributed by atoms with Gasteiger partial charge in [0, 0.05) is 23.7 Å². The number of halogens is 1. The molecule has 0 saturated carbocycles. The van der Waals surface area contributed by atoms with E-state index in [1.54, 1.807) is 10.7 Å². The third kappa shape index (κ3) is 2.99. The molecule has 1 aromatic carbocycles. The highest BCUT2D eigenvalue weighted by molar-refractivity contribution is 6.30. The summed E-state index contributed by atoms with van der Waals surface area (Å²) in [4.78, 5) is 4.35. The SMILES string of the molecule is OCCCNc1ccc2ncc(-c3ccc(Cl)cc3)n2n1. The summed E-state index contributed by atoms with van der Waals surface area (Å²) in [6.07, 6.45) is 2.48. The second-order valence-electron chi connectivity index (χ2n) is 4.64. The first kappa shape index (κ1) is 13.9. The van der Waals surface area contributed by atoms with Gasteiger partial charge in [-0.05, 0) is 30.7 Å². The lowest BCUT2D eigenvalue weighted by Gasteiger charge is -2.06. The number of fused-ring (bicyclic) bond motifs is 1. The lowest BCUT2D eigenvalue weighted by molar-refractivity contribution is 0.292. The molecule has 0 aliphatic heterocycles. The van der Waals surface area contributed by atoms with Crippen LogP contribution in [-0.4, -0.2) is 32.9 Å². The molecule has 3 rings (SSSR count). The molecular weight excluding hydrogens is 288 g/mol. The van der Waals surface area contributed by atoms with Gasteiger partial charge in [-0.25, -0.2) is 9.50 Å². The minimum absolute atomic E-state index is 0.163. The number of nitrogens with zero attached hydrogens (tertiary/aromatic N) is 3. The summed E-state index contributed by atoms with van der Waals surface area (Å²) in [5.41, 5.74) is 2.70. The molecule has 0 amide bonds. The topological polar surface area (TPSA) is 62.5 Å². The summed E-state index contributed by atoms with van der Waals surface area (Å²) in [6.45, 7) is 0.844. The summed E-state index contributed by atoms with van der Waals surface area (Å²) >= 11 is 5.92. The molecule has 0 aliphatic rings. The van der Waals surface area contributed by atoms with Crippen LogP contribution in [0.3, 0.4) is 0 Å². The number of nitrogens with one attached hydrogen (secondary N) is 1. The van der Waals surface area contributed by atoms with Gasteiger partial charge < -0.3 is 10.4 Å². The maximum Gasteiger partial charge on any atom is 0.154 e. The number of hydrogen-bond donors (Lipinski definition) is 2. The number of aliphatic hydroxyl groups is 1. The molecule has 108 valence electrons. The van der Waals surface area contributed by atoms with Crippen LogP contribution in [-0.2, 0) is 0 Å². The molecule has 5 nitrogen and oxygen atoms in total. The number of rotatable bonds is 5. The van der Waals surface area contributed by atoms with E-state index >= 15 is 0 Å². The average Bonchev–Trinajstić information content (AvgIpc) is 2.92. The number of aromatic nitrogens is 3. The van der Waals surface area contributed by atoms with E-state index in [4.69, 9.17) is 16.7 Å². The maximum atomic E-state index is 8.81. The van der Waals surface area contributed by atoms with E-state index in [0.717, 1.165) is 22.7 Å². The molecule has 21 heavy (non-hydrogen) atoms. The standard InChI is InChI=1S/C15H15ClN4O/c16-12-4-2-11(3-5-12)13-10-18-15-7-6-14(19-20(13)15)17-8-1-9-21/h2-7,10,21H,1,8-9H2,(H,17,19). The van der Waals surface area contributed by atoms with Crippen LogP contribution in [0.1, 0.15) is 6.42 Å². The molecule has 2 N–H and O–H groups in total. The lowest BCUT2D eigenvalue weighted by atomic mass is 10.2. The second kappa shape index (κ2) is 6.11. The predicted molar refractivity (Wildman–Crippen MR) is 83.6 cm³/mol. The van der Waals surface area contributed by atoms with Gasteiger partial charge in [0.1, 0.15) is 5.82 Å².